The van der Waals surface area contributed by atoms with Crippen molar-refractivity contribution in [3.05, 3.63) is 53.9 Å². The number of methoxy groups -OCH3 is 3. The lowest BCUT2D eigenvalue weighted by Crippen LogP contribution is -2.30. The van der Waals surface area contributed by atoms with Crippen molar-refractivity contribution in [2.45, 2.75) is 6.61 Å². The van der Waals surface area contributed by atoms with Gasteiger partial charge in [-0.15, -0.1) is 10.2 Å². The molecule has 162 valence electrons. The van der Waals surface area contributed by atoms with Gasteiger partial charge in [-0.05, 0) is 24.3 Å². The molecule has 10 nitrogen and oxygen atoms in total. The van der Waals surface area contributed by atoms with Gasteiger partial charge in [0.2, 0.25) is 11.6 Å². The van der Waals surface area contributed by atoms with Crippen molar-refractivity contribution in [1.29, 1.82) is 0 Å². The van der Waals surface area contributed by atoms with Gasteiger partial charge in [0.1, 0.15) is 6.54 Å². The number of aromatic nitrogens is 2. The van der Waals surface area contributed by atoms with Crippen LogP contribution in [0.1, 0.15) is 16.2 Å². The normalized spacial score (nSPS) is 10.3. The molecule has 10 heteroatoms. The zero-order valence-electron chi connectivity index (χ0n) is 17.2. The Labute approximate surface area is 178 Å². The molecular formula is C21H21N3O7. The van der Waals surface area contributed by atoms with E-state index >= 15 is 0 Å². The summed E-state index contributed by atoms with van der Waals surface area (Å²) in [5.74, 6) is 0.542. The monoisotopic (exact) mass is 427 g/mol. The van der Waals surface area contributed by atoms with E-state index in [0.29, 0.717) is 28.4 Å². The zero-order valence-corrected chi connectivity index (χ0v) is 17.2. The minimum absolute atomic E-state index is 0.0893. The van der Waals surface area contributed by atoms with Gasteiger partial charge in [0, 0.05) is 11.1 Å². The Kier molecular flexibility index (Phi) is 7.05. The average Bonchev–Trinajstić information content (AvgIpc) is 3.29. The fourth-order valence-electron chi connectivity index (χ4n) is 2.67. The van der Waals surface area contributed by atoms with Gasteiger partial charge in [-0.25, -0.2) is 0 Å². The molecule has 0 fully saturated rings. The first-order chi connectivity index (χ1) is 15.0. The average molecular weight is 427 g/mol. The number of nitrogens with zero attached hydrogens (tertiary/aromatic N) is 2. The van der Waals surface area contributed by atoms with Gasteiger partial charge < -0.3 is 28.7 Å². The fraction of sp³-hybridized carbons (Fsp3) is 0.238. The van der Waals surface area contributed by atoms with Gasteiger partial charge in [0.25, 0.3) is 11.8 Å². The van der Waals surface area contributed by atoms with Crippen molar-refractivity contribution in [1.82, 2.24) is 15.5 Å². The predicted octanol–water partition coefficient (Wildman–Crippen LogP) is 2.24. The van der Waals surface area contributed by atoms with Gasteiger partial charge >= 0.3 is 5.97 Å². The molecular weight excluding hydrogens is 406 g/mol. The van der Waals surface area contributed by atoms with Crippen LogP contribution in [0.5, 0.6) is 17.2 Å². The number of esters is 1. The SMILES string of the molecule is COc1cc(-c2nnc(COC(=O)CNC(=O)c3ccccc3)o2)cc(OC)c1OC. The van der Waals surface area contributed by atoms with Crippen molar-refractivity contribution in [2.75, 3.05) is 27.9 Å². The molecule has 0 radical (unpaired) electrons. The van der Waals surface area contributed by atoms with Crippen LogP contribution in [0.25, 0.3) is 11.5 Å². The summed E-state index contributed by atoms with van der Waals surface area (Å²) < 4.78 is 26.5. The largest absolute Gasteiger partial charge is 0.493 e. The van der Waals surface area contributed by atoms with Crippen LogP contribution in [-0.2, 0) is 16.1 Å². The van der Waals surface area contributed by atoms with E-state index in [9.17, 15) is 9.59 Å². The number of rotatable bonds is 9. The summed E-state index contributed by atoms with van der Waals surface area (Å²) in [5, 5.41) is 10.3. The van der Waals surface area contributed by atoms with Crippen LogP contribution >= 0.6 is 0 Å². The Bertz CT molecular complexity index is 1030. The Morgan fingerprint density at radius 1 is 0.968 bits per heavy atom. The van der Waals surface area contributed by atoms with E-state index in [-0.39, 0.29) is 30.8 Å². The van der Waals surface area contributed by atoms with E-state index in [0.717, 1.165) is 0 Å². The Hall–Kier alpha value is -4.08. The van der Waals surface area contributed by atoms with Crippen LogP contribution in [0.4, 0.5) is 0 Å². The molecule has 1 N–H and O–H groups in total. The molecule has 3 rings (SSSR count). The molecule has 31 heavy (non-hydrogen) atoms. The number of amides is 1. The summed E-state index contributed by atoms with van der Waals surface area (Å²) in [7, 11) is 4.49. The molecule has 1 heterocycles. The van der Waals surface area contributed by atoms with E-state index in [1.54, 1.807) is 42.5 Å². The maximum absolute atomic E-state index is 11.9. The molecule has 1 amide bonds. The molecule has 0 aliphatic rings. The highest BCUT2D eigenvalue weighted by atomic mass is 16.5. The molecule has 0 saturated carbocycles. The van der Waals surface area contributed by atoms with Gasteiger partial charge in [-0.2, -0.15) is 0 Å². The third kappa shape index (κ3) is 5.30. The molecule has 0 saturated heterocycles. The van der Waals surface area contributed by atoms with Crippen LogP contribution in [0, 0.1) is 0 Å². The van der Waals surface area contributed by atoms with Gasteiger partial charge in [0.05, 0.1) is 21.3 Å². The van der Waals surface area contributed by atoms with Gasteiger partial charge in [-0.1, -0.05) is 18.2 Å². The Morgan fingerprint density at radius 2 is 1.65 bits per heavy atom. The van der Waals surface area contributed by atoms with Crippen LogP contribution in [0.2, 0.25) is 0 Å². The lowest BCUT2D eigenvalue weighted by molar-refractivity contribution is -0.144. The second-order valence-corrected chi connectivity index (χ2v) is 6.12. The van der Waals surface area contributed by atoms with Crippen molar-refractivity contribution in [3.8, 4) is 28.7 Å². The first-order valence-corrected chi connectivity index (χ1v) is 9.17. The summed E-state index contributed by atoms with van der Waals surface area (Å²) in [4.78, 5) is 23.8. The van der Waals surface area contributed by atoms with E-state index in [4.69, 9.17) is 23.4 Å². The van der Waals surface area contributed by atoms with Gasteiger partial charge in [0.15, 0.2) is 18.1 Å². The van der Waals surface area contributed by atoms with E-state index in [2.05, 4.69) is 15.5 Å². The number of nitrogens with one attached hydrogen (secondary N) is 1. The lowest BCUT2D eigenvalue weighted by atomic mass is 10.2. The second-order valence-electron chi connectivity index (χ2n) is 6.12. The van der Waals surface area contributed by atoms with Crippen molar-refractivity contribution < 1.29 is 33.0 Å². The van der Waals surface area contributed by atoms with E-state index < -0.39 is 5.97 Å². The Balaban J connectivity index is 1.59. The molecule has 0 unspecified atom stereocenters. The quantitative estimate of drug-likeness (QED) is 0.512. The van der Waals surface area contributed by atoms with Crippen LogP contribution in [-0.4, -0.2) is 49.9 Å². The topological polar surface area (TPSA) is 122 Å². The highest BCUT2D eigenvalue weighted by Crippen LogP contribution is 2.40. The molecule has 3 aromatic rings. The Morgan fingerprint density at radius 3 is 2.26 bits per heavy atom. The molecule has 2 aromatic carbocycles. The fourth-order valence-corrected chi connectivity index (χ4v) is 2.67. The minimum atomic E-state index is -0.642. The highest BCUT2D eigenvalue weighted by molar-refractivity contribution is 5.95. The molecule has 0 atom stereocenters. The number of carbonyl (C=O) groups is 2. The molecule has 0 aliphatic heterocycles. The second kappa shape index (κ2) is 10.1. The summed E-state index contributed by atoms with van der Waals surface area (Å²) in [6, 6.07) is 11.9. The minimum Gasteiger partial charge on any atom is -0.493 e. The molecule has 0 spiro atoms. The number of hydrogen-bond donors (Lipinski definition) is 1. The molecule has 0 aliphatic carbocycles. The zero-order chi connectivity index (χ0) is 22.2. The third-order valence-corrected chi connectivity index (χ3v) is 4.16. The first kappa shape index (κ1) is 21.6. The lowest BCUT2D eigenvalue weighted by Gasteiger charge is -2.12. The highest BCUT2D eigenvalue weighted by Gasteiger charge is 2.18. The molecule has 0 bridgehead atoms. The number of ether oxygens (including phenoxy) is 4. The van der Waals surface area contributed by atoms with E-state index in [1.807, 2.05) is 0 Å². The summed E-state index contributed by atoms with van der Waals surface area (Å²) in [5.41, 5.74) is 0.983. The maximum Gasteiger partial charge on any atom is 0.325 e. The smallest absolute Gasteiger partial charge is 0.325 e. The first-order valence-electron chi connectivity index (χ1n) is 9.17. The standard InChI is InChI=1S/C21H21N3O7/c1-27-15-9-14(10-16(28-2)19(15)29-3)21-24-23-17(31-21)12-30-18(25)11-22-20(26)13-7-5-4-6-8-13/h4-10H,11-12H2,1-3H3,(H,22,26). The van der Waals surface area contributed by atoms with Gasteiger partial charge in [-0.3, -0.25) is 9.59 Å². The maximum atomic E-state index is 11.9. The number of benzene rings is 2. The van der Waals surface area contributed by atoms with Crippen molar-refractivity contribution in [3.63, 3.8) is 0 Å². The summed E-state index contributed by atoms with van der Waals surface area (Å²) in [6.45, 7) is -0.529. The van der Waals surface area contributed by atoms with Crippen LogP contribution in [0.15, 0.2) is 46.9 Å². The predicted molar refractivity (Wildman–Crippen MR) is 108 cm³/mol. The van der Waals surface area contributed by atoms with Crippen molar-refractivity contribution in [2.24, 2.45) is 0 Å². The number of hydrogen-bond acceptors (Lipinski definition) is 9. The van der Waals surface area contributed by atoms with Crippen LogP contribution < -0.4 is 19.5 Å². The summed E-state index contributed by atoms with van der Waals surface area (Å²) in [6.07, 6.45) is 0. The van der Waals surface area contributed by atoms with Crippen LogP contribution in [0.3, 0.4) is 0 Å². The summed E-state index contributed by atoms with van der Waals surface area (Å²) >= 11 is 0. The van der Waals surface area contributed by atoms with Crippen molar-refractivity contribution >= 4 is 11.9 Å². The van der Waals surface area contributed by atoms with E-state index in [1.165, 1.54) is 21.3 Å². The molecule has 1 aromatic heterocycles. The third-order valence-electron chi connectivity index (χ3n) is 4.16. The number of carbonyl (C=O) groups excluding carboxylic acids is 2.